The molecule has 0 bridgehead atoms. The number of carboxylic acids is 1. The number of amides is 1. The fourth-order valence-corrected chi connectivity index (χ4v) is 0.781. The molecule has 0 radical (unpaired) electrons. The van der Waals surface area contributed by atoms with Crippen molar-refractivity contribution in [2.24, 2.45) is 4.99 Å². The Kier molecular flexibility index (Phi) is 3.96. The molecule has 0 aromatic carbocycles. The fraction of sp³-hybridized carbons (Fsp3) is 0.111. The Hall–Kier alpha value is -2.24. The smallest absolute Gasteiger partial charge is 0.337 e. The maximum absolute atomic E-state index is 10.2. The van der Waals surface area contributed by atoms with Gasteiger partial charge in [-0.15, -0.1) is 0 Å². The summed E-state index contributed by atoms with van der Waals surface area (Å²) in [6.07, 6.45) is 4.25. The summed E-state index contributed by atoms with van der Waals surface area (Å²) in [5.74, 6) is -0.960. The van der Waals surface area contributed by atoms with Crippen molar-refractivity contribution in [1.82, 2.24) is 10.3 Å². The Bertz CT molecular complexity index is 365. The topological polar surface area (TPSA) is 91.6 Å². The Morgan fingerprint density at radius 1 is 1.53 bits per heavy atom. The highest BCUT2D eigenvalue weighted by atomic mass is 16.4. The molecule has 1 amide bonds. The van der Waals surface area contributed by atoms with E-state index >= 15 is 0 Å². The normalized spacial score (nSPS) is 12.7. The zero-order valence-electron chi connectivity index (χ0n) is 7.75. The lowest BCUT2D eigenvalue weighted by atomic mass is 10.3. The molecule has 0 saturated carbocycles. The van der Waals surface area contributed by atoms with E-state index in [4.69, 9.17) is 5.11 Å². The first kappa shape index (κ1) is 10.8. The molecule has 1 aromatic rings. The van der Waals surface area contributed by atoms with Crippen LogP contribution in [-0.4, -0.2) is 34.9 Å². The number of hydrogen-bond donors (Lipinski definition) is 2. The number of carbonyl (C=O) groups is 2. The van der Waals surface area contributed by atoms with Gasteiger partial charge in [0.25, 0.3) is 0 Å². The Labute approximate surface area is 85.7 Å². The van der Waals surface area contributed by atoms with Gasteiger partial charge in [-0.3, -0.25) is 14.8 Å². The number of aromatic carboxylic acids is 1. The van der Waals surface area contributed by atoms with E-state index in [0.717, 1.165) is 0 Å². The van der Waals surface area contributed by atoms with E-state index in [9.17, 15) is 9.59 Å². The van der Waals surface area contributed by atoms with E-state index in [0.29, 0.717) is 6.54 Å². The van der Waals surface area contributed by atoms with E-state index in [1.807, 2.05) is 0 Å². The number of nitrogens with one attached hydrogen (secondary N) is 1. The van der Waals surface area contributed by atoms with Crippen LogP contribution in [0.3, 0.4) is 0 Å². The minimum Gasteiger partial charge on any atom is -0.478 e. The highest BCUT2D eigenvalue weighted by molar-refractivity contribution is 5.93. The van der Waals surface area contributed by atoms with E-state index in [2.05, 4.69) is 15.3 Å². The summed E-state index contributed by atoms with van der Waals surface area (Å²) in [7, 11) is 0. The fourth-order valence-electron chi connectivity index (χ4n) is 0.781. The van der Waals surface area contributed by atoms with Crippen LogP contribution in [0, 0.1) is 0 Å². The van der Waals surface area contributed by atoms with Gasteiger partial charge >= 0.3 is 5.97 Å². The Balaban J connectivity index is 0.000000162. The monoisotopic (exact) mass is 207 g/mol. The third kappa shape index (κ3) is 3.99. The number of aliphatic imine (C=N–C) groups is 1. The quantitative estimate of drug-likeness (QED) is 0.674. The summed E-state index contributed by atoms with van der Waals surface area (Å²) >= 11 is 0. The minimum atomic E-state index is -0.942. The number of carbonyl (C=O) groups excluding carboxylic acids is 1. The lowest BCUT2D eigenvalue weighted by Gasteiger charge is -1.87. The van der Waals surface area contributed by atoms with Crippen LogP contribution in [-0.2, 0) is 4.79 Å². The molecule has 0 atom stereocenters. The molecule has 0 fully saturated rings. The summed E-state index contributed by atoms with van der Waals surface area (Å²) in [6.45, 7) is 0.306. The molecule has 6 heteroatoms. The van der Waals surface area contributed by atoms with Crippen molar-refractivity contribution in [2.45, 2.75) is 0 Å². The van der Waals surface area contributed by atoms with Gasteiger partial charge < -0.3 is 10.4 Å². The molecule has 15 heavy (non-hydrogen) atoms. The van der Waals surface area contributed by atoms with Gasteiger partial charge in [-0.25, -0.2) is 4.79 Å². The third-order valence-corrected chi connectivity index (χ3v) is 1.46. The van der Waals surface area contributed by atoms with E-state index in [1.165, 1.54) is 24.8 Å². The highest BCUT2D eigenvalue weighted by Crippen LogP contribution is 1.92. The molecule has 2 N–H and O–H groups in total. The van der Waals surface area contributed by atoms with Gasteiger partial charge in [0.05, 0.1) is 11.9 Å². The average Bonchev–Trinajstić information content (AvgIpc) is 2.71. The van der Waals surface area contributed by atoms with Crippen LogP contribution in [0.2, 0.25) is 0 Å². The number of aromatic nitrogens is 1. The van der Waals surface area contributed by atoms with Gasteiger partial charge in [-0.05, 0) is 12.1 Å². The largest absolute Gasteiger partial charge is 0.478 e. The second-order valence-electron chi connectivity index (χ2n) is 2.58. The van der Waals surface area contributed by atoms with Crippen LogP contribution >= 0.6 is 0 Å². The van der Waals surface area contributed by atoms with E-state index in [1.54, 1.807) is 6.07 Å². The molecular formula is C9H9N3O3. The average molecular weight is 207 g/mol. The van der Waals surface area contributed by atoms with Crippen LogP contribution in [0.25, 0.3) is 0 Å². The summed E-state index contributed by atoms with van der Waals surface area (Å²) in [6, 6.07) is 3.08. The Morgan fingerprint density at radius 3 is 2.60 bits per heavy atom. The molecule has 1 aliphatic heterocycles. The predicted molar refractivity (Wildman–Crippen MR) is 52.7 cm³/mol. The van der Waals surface area contributed by atoms with Gasteiger partial charge in [-0.1, -0.05) is 0 Å². The van der Waals surface area contributed by atoms with Crippen molar-refractivity contribution in [3.63, 3.8) is 0 Å². The van der Waals surface area contributed by atoms with Crippen LogP contribution < -0.4 is 5.32 Å². The zero-order valence-corrected chi connectivity index (χ0v) is 7.75. The van der Waals surface area contributed by atoms with Crippen molar-refractivity contribution < 1.29 is 14.7 Å². The van der Waals surface area contributed by atoms with Gasteiger partial charge in [0, 0.05) is 12.4 Å². The second-order valence-corrected chi connectivity index (χ2v) is 2.58. The zero-order chi connectivity index (χ0) is 11.1. The van der Waals surface area contributed by atoms with Gasteiger partial charge in [0.15, 0.2) is 0 Å². The van der Waals surface area contributed by atoms with Crippen molar-refractivity contribution >= 4 is 18.2 Å². The van der Waals surface area contributed by atoms with Crippen molar-refractivity contribution in [1.29, 1.82) is 0 Å². The first-order valence-corrected chi connectivity index (χ1v) is 4.11. The SMILES string of the molecule is O=C(O)c1cccnc1.O=C1CN=CN1. The molecule has 1 aromatic heterocycles. The first-order chi connectivity index (χ1) is 7.20. The molecule has 0 saturated heterocycles. The number of pyridine rings is 1. The molecule has 2 rings (SSSR count). The summed E-state index contributed by atoms with van der Waals surface area (Å²) in [5, 5.41) is 10.7. The predicted octanol–water partition coefficient (Wildman–Crippen LogP) is -0.0757. The van der Waals surface area contributed by atoms with Crippen LogP contribution in [0.15, 0.2) is 29.5 Å². The molecule has 6 nitrogen and oxygen atoms in total. The van der Waals surface area contributed by atoms with E-state index in [-0.39, 0.29) is 11.5 Å². The maximum atomic E-state index is 10.2. The Morgan fingerprint density at radius 2 is 2.33 bits per heavy atom. The van der Waals surface area contributed by atoms with Crippen LogP contribution in [0.4, 0.5) is 0 Å². The standard InChI is InChI=1S/C6H5NO2.C3H4N2O/c8-6(9)5-2-1-3-7-4-5;6-3-1-4-2-5-3/h1-4H,(H,8,9);2H,1H2,(H,4,5,6). The molecule has 1 aliphatic rings. The lowest BCUT2D eigenvalue weighted by Crippen LogP contribution is -2.15. The maximum Gasteiger partial charge on any atom is 0.337 e. The van der Waals surface area contributed by atoms with Crippen molar-refractivity contribution in [2.75, 3.05) is 6.54 Å². The van der Waals surface area contributed by atoms with Crippen molar-refractivity contribution in [3.8, 4) is 0 Å². The molecule has 0 spiro atoms. The molecule has 2 heterocycles. The van der Waals surface area contributed by atoms with Gasteiger partial charge in [-0.2, -0.15) is 0 Å². The number of nitrogens with zero attached hydrogens (tertiary/aromatic N) is 2. The number of carboxylic acid groups (broad SMARTS) is 1. The summed E-state index contributed by atoms with van der Waals surface area (Å²) in [4.78, 5) is 27.4. The minimum absolute atomic E-state index is 0.0185. The lowest BCUT2D eigenvalue weighted by molar-refractivity contribution is -0.117. The van der Waals surface area contributed by atoms with Crippen LogP contribution in [0.5, 0.6) is 0 Å². The molecule has 0 aliphatic carbocycles. The van der Waals surface area contributed by atoms with Crippen molar-refractivity contribution in [3.05, 3.63) is 30.1 Å². The molecule has 0 unspecified atom stereocenters. The first-order valence-electron chi connectivity index (χ1n) is 4.11. The van der Waals surface area contributed by atoms with Crippen LogP contribution in [0.1, 0.15) is 10.4 Å². The second kappa shape index (κ2) is 5.48. The summed E-state index contributed by atoms with van der Waals surface area (Å²) < 4.78 is 0. The molecule has 78 valence electrons. The van der Waals surface area contributed by atoms with Gasteiger partial charge in [0.1, 0.15) is 6.54 Å². The molecular weight excluding hydrogens is 198 g/mol. The highest BCUT2D eigenvalue weighted by Gasteiger charge is 1.99. The number of rotatable bonds is 1. The summed E-state index contributed by atoms with van der Waals surface area (Å²) in [5.41, 5.74) is 0.220. The third-order valence-electron chi connectivity index (χ3n) is 1.46. The number of hydrogen-bond acceptors (Lipinski definition) is 4. The van der Waals surface area contributed by atoms with Gasteiger partial charge in [0.2, 0.25) is 5.91 Å². The van der Waals surface area contributed by atoms with E-state index < -0.39 is 5.97 Å².